The van der Waals surface area contributed by atoms with Crippen LogP contribution in [0.5, 0.6) is 5.75 Å². The molecule has 1 aliphatic heterocycles. The summed E-state index contributed by atoms with van der Waals surface area (Å²) >= 11 is 0. The SMILES string of the molecule is CC(C)(CCN1CCC(CO)CC1)c1ccc(O)cc1. The number of phenolic OH excluding ortho intramolecular Hbond substituents is 1. The minimum atomic E-state index is 0.127. The van der Waals surface area contributed by atoms with Crippen molar-refractivity contribution in [1.82, 2.24) is 4.90 Å². The minimum Gasteiger partial charge on any atom is -0.508 e. The molecule has 0 bridgehead atoms. The van der Waals surface area contributed by atoms with E-state index < -0.39 is 0 Å². The predicted octanol–water partition coefficient (Wildman–Crippen LogP) is 2.76. The van der Waals surface area contributed by atoms with Crippen molar-refractivity contribution < 1.29 is 10.2 Å². The number of nitrogens with zero attached hydrogens (tertiary/aromatic N) is 1. The lowest BCUT2D eigenvalue weighted by molar-refractivity contribution is 0.126. The molecule has 1 heterocycles. The first kappa shape index (κ1) is 15.3. The Morgan fingerprint density at radius 1 is 1.15 bits per heavy atom. The quantitative estimate of drug-likeness (QED) is 0.870. The molecule has 0 atom stereocenters. The summed E-state index contributed by atoms with van der Waals surface area (Å²) in [4.78, 5) is 2.51. The summed E-state index contributed by atoms with van der Waals surface area (Å²) in [7, 11) is 0. The number of aliphatic hydroxyl groups excluding tert-OH is 1. The summed E-state index contributed by atoms with van der Waals surface area (Å²) in [5.41, 5.74) is 1.40. The van der Waals surface area contributed by atoms with Crippen LogP contribution in [0.4, 0.5) is 0 Å². The monoisotopic (exact) mass is 277 g/mol. The summed E-state index contributed by atoms with van der Waals surface area (Å²) in [5, 5.41) is 18.5. The Morgan fingerprint density at radius 2 is 1.75 bits per heavy atom. The van der Waals surface area contributed by atoms with Crippen LogP contribution < -0.4 is 0 Å². The van der Waals surface area contributed by atoms with E-state index in [9.17, 15) is 5.11 Å². The molecule has 3 nitrogen and oxygen atoms in total. The van der Waals surface area contributed by atoms with Gasteiger partial charge in [-0.2, -0.15) is 0 Å². The van der Waals surface area contributed by atoms with Gasteiger partial charge in [0.25, 0.3) is 0 Å². The largest absolute Gasteiger partial charge is 0.508 e. The molecule has 0 aliphatic carbocycles. The molecule has 1 aliphatic rings. The highest BCUT2D eigenvalue weighted by Crippen LogP contribution is 2.29. The summed E-state index contributed by atoms with van der Waals surface area (Å²) in [6.07, 6.45) is 3.36. The van der Waals surface area contributed by atoms with Gasteiger partial charge in [-0.05, 0) is 67.9 Å². The van der Waals surface area contributed by atoms with Crippen molar-refractivity contribution in [1.29, 1.82) is 0 Å². The molecular weight excluding hydrogens is 250 g/mol. The third kappa shape index (κ3) is 3.97. The Labute approximate surface area is 122 Å². The Hall–Kier alpha value is -1.06. The molecule has 2 N–H and O–H groups in total. The minimum absolute atomic E-state index is 0.127. The fraction of sp³-hybridized carbons (Fsp3) is 0.647. The Balaban J connectivity index is 1.85. The second kappa shape index (κ2) is 6.59. The maximum absolute atomic E-state index is 9.38. The average Bonchev–Trinajstić information content (AvgIpc) is 2.46. The van der Waals surface area contributed by atoms with Crippen LogP contribution in [0.15, 0.2) is 24.3 Å². The first-order chi connectivity index (χ1) is 9.51. The van der Waals surface area contributed by atoms with E-state index in [0.29, 0.717) is 18.3 Å². The molecule has 0 aromatic heterocycles. The van der Waals surface area contributed by atoms with Crippen molar-refractivity contribution in [3.63, 3.8) is 0 Å². The van der Waals surface area contributed by atoms with Gasteiger partial charge < -0.3 is 15.1 Å². The number of piperidine rings is 1. The van der Waals surface area contributed by atoms with E-state index in [1.165, 1.54) is 5.56 Å². The molecular formula is C17H27NO2. The van der Waals surface area contributed by atoms with E-state index in [1.807, 2.05) is 12.1 Å². The van der Waals surface area contributed by atoms with Crippen LogP contribution >= 0.6 is 0 Å². The third-order valence-corrected chi connectivity index (χ3v) is 4.67. The second-order valence-corrected chi connectivity index (χ2v) is 6.65. The number of aliphatic hydroxyl groups is 1. The fourth-order valence-corrected chi connectivity index (χ4v) is 2.89. The van der Waals surface area contributed by atoms with Gasteiger partial charge in [-0.1, -0.05) is 26.0 Å². The number of benzene rings is 1. The smallest absolute Gasteiger partial charge is 0.115 e. The maximum atomic E-state index is 9.38. The number of phenols is 1. The van der Waals surface area contributed by atoms with Gasteiger partial charge in [-0.3, -0.25) is 0 Å². The number of hydrogen-bond acceptors (Lipinski definition) is 3. The number of aromatic hydroxyl groups is 1. The van der Waals surface area contributed by atoms with Crippen molar-refractivity contribution in [2.24, 2.45) is 5.92 Å². The van der Waals surface area contributed by atoms with Crippen molar-refractivity contribution in [2.75, 3.05) is 26.2 Å². The van der Waals surface area contributed by atoms with E-state index >= 15 is 0 Å². The van der Waals surface area contributed by atoms with Crippen LogP contribution in [0.2, 0.25) is 0 Å². The highest BCUT2D eigenvalue weighted by Gasteiger charge is 2.24. The van der Waals surface area contributed by atoms with Crippen LogP contribution in [0.3, 0.4) is 0 Å². The molecule has 3 heteroatoms. The van der Waals surface area contributed by atoms with Crippen LogP contribution in [-0.2, 0) is 5.41 Å². The molecule has 1 aromatic carbocycles. The van der Waals surface area contributed by atoms with Gasteiger partial charge in [0.15, 0.2) is 0 Å². The van der Waals surface area contributed by atoms with E-state index in [2.05, 4.69) is 18.7 Å². The first-order valence-corrected chi connectivity index (χ1v) is 7.64. The molecule has 0 amide bonds. The van der Waals surface area contributed by atoms with E-state index in [4.69, 9.17) is 5.11 Å². The lowest BCUT2D eigenvalue weighted by Gasteiger charge is -2.34. The molecule has 2 rings (SSSR count). The number of rotatable bonds is 5. The van der Waals surface area contributed by atoms with Gasteiger partial charge in [0, 0.05) is 6.61 Å². The zero-order valence-electron chi connectivity index (χ0n) is 12.7. The van der Waals surface area contributed by atoms with Gasteiger partial charge in [-0.15, -0.1) is 0 Å². The molecule has 20 heavy (non-hydrogen) atoms. The van der Waals surface area contributed by atoms with Crippen LogP contribution in [-0.4, -0.2) is 41.4 Å². The van der Waals surface area contributed by atoms with Gasteiger partial charge in [0.05, 0.1) is 0 Å². The lowest BCUT2D eigenvalue weighted by Crippen LogP contribution is -2.37. The lowest BCUT2D eigenvalue weighted by atomic mass is 9.81. The number of likely N-dealkylation sites (tertiary alicyclic amines) is 1. The van der Waals surface area contributed by atoms with Gasteiger partial charge in [0.1, 0.15) is 5.75 Å². The highest BCUT2D eigenvalue weighted by molar-refractivity contribution is 5.30. The van der Waals surface area contributed by atoms with E-state index in [1.54, 1.807) is 12.1 Å². The zero-order valence-corrected chi connectivity index (χ0v) is 12.7. The first-order valence-electron chi connectivity index (χ1n) is 7.64. The summed E-state index contributed by atoms with van der Waals surface area (Å²) in [6, 6.07) is 7.58. The van der Waals surface area contributed by atoms with Gasteiger partial charge in [0.2, 0.25) is 0 Å². The maximum Gasteiger partial charge on any atom is 0.115 e. The van der Waals surface area contributed by atoms with Crippen LogP contribution in [0, 0.1) is 5.92 Å². The number of hydrogen-bond donors (Lipinski definition) is 2. The van der Waals surface area contributed by atoms with Gasteiger partial charge in [-0.25, -0.2) is 0 Å². The van der Waals surface area contributed by atoms with Gasteiger partial charge >= 0.3 is 0 Å². The highest BCUT2D eigenvalue weighted by atomic mass is 16.3. The Morgan fingerprint density at radius 3 is 2.30 bits per heavy atom. The fourth-order valence-electron chi connectivity index (χ4n) is 2.89. The molecule has 0 saturated carbocycles. The average molecular weight is 277 g/mol. The third-order valence-electron chi connectivity index (χ3n) is 4.67. The molecule has 0 radical (unpaired) electrons. The second-order valence-electron chi connectivity index (χ2n) is 6.65. The molecule has 1 saturated heterocycles. The van der Waals surface area contributed by atoms with Crippen molar-refractivity contribution in [2.45, 2.75) is 38.5 Å². The van der Waals surface area contributed by atoms with E-state index in [-0.39, 0.29) is 5.41 Å². The Kier molecular flexibility index (Phi) is 5.06. The van der Waals surface area contributed by atoms with Crippen molar-refractivity contribution in [3.05, 3.63) is 29.8 Å². The topological polar surface area (TPSA) is 43.7 Å². The van der Waals surface area contributed by atoms with Crippen LogP contribution in [0.1, 0.15) is 38.7 Å². The molecule has 1 fully saturated rings. The normalized spacial score (nSPS) is 18.4. The predicted molar refractivity (Wildman–Crippen MR) is 82.0 cm³/mol. The zero-order chi connectivity index (χ0) is 14.6. The van der Waals surface area contributed by atoms with E-state index in [0.717, 1.165) is 38.9 Å². The molecule has 0 unspecified atom stereocenters. The molecule has 112 valence electrons. The van der Waals surface area contributed by atoms with Crippen LogP contribution in [0.25, 0.3) is 0 Å². The summed E-state index contributed by atoms with van der Waals surface area (Å²) < 4.78 is 0. The Bertz CT molecular complexity index is 406. The summed E-state index contributed by atoms with van der Waals surface area (Å²) in [5.74, 6) is 0.840. The van der Waals surface area contributed by atoms with Crippen molar-refractivity contribution in [3.8, 4) is 5.75 Å². The summed E-state index contributed by atoms with van der Waals surface area (Å²) in [6.45, 7) is 8.19. The van der Waals surface area contributed by atoms with Crippen molar-refractivity contribution >= 4 is 0 Å². The molecule has 0 spiro atoms. The standard InChI is InChI=1S/C17H27NO2/c1-17(2,15-3-5-16(20)6-4-15)9-12-18-10-7-14(13-19)8-11-18/h3-6,14,19-20H,7-13H2,1-2H3. The molecule has 1 aromatic rings.